The van der Waals surface area contributed by atoms with Crippen LogP contribution in [0.15, 0.2) is 54.6 Å². The molecule has 0 bridgehead atoms. The van der Waals surface area contributed by atoms with Gasteiger partial charge in [0.15, 0.2) is 0 Å². The maximum atomic E-state index is 12.6. The fraction of sp³-hybridized carbons (Fsp3) is 0.276. The molecule has 0 saturated carbocycles. The zero-order chi connectivity index (χ0) is 26.0. The fourth-order valence-electron chi connectivity index (χ4n) is 4.28. The SMILES string of the molecule is COc1cc(-c2cc3c(N[C@@H](C)c4cccc(C)c4)nc(C)nc3cc2OC)ccc1C(=O)N(C)C. The number of nitrogens with zero attached hydrogens (tertiary/aromatic N) is 3. The Morgan fingerprint density at radius 1 is 0.944 bits per heavy atom. The van der Waals surface area contributed by atoms with Gasteiger partial charge in [0.2, 0.25) is 0 Å². The van der Waals surface area contributed by atoms with Crippen molar-refractivity contribution in [2.24, 2.45) is 0 Å². The lowest BCUT2D eigenvalue weighted by Crippen LogP contribution is -2.22. The third-order valence-corrected chi connectivity index (χ3v) is 6.17. The van der Waals surface area contributed by atoms with E-state index in [0.717, 1.165) is 27.8 Å². The van der Waals surface area contributed by atoms with Gasteiger partial charge in [0.05, 0.1) is 25.3 Å². The molecule has 7 nitrogen and oxygen atoms in total. The summed E-state index contributed by atoms with van der Waals surface area (Å²) in [6.45, 7) is 6.09. The molecular formula is C29H32N4O3. The number of rotatable bonds is 7. The molecule has 1 atom stereocenters. The summed E-state index contributed by atoms with van der Waals surface area (Å²) < 4.78 is 11.3. The number of hydrogen-bond donors (Lipinski definition) is 1. The van der Waals surface area contributed by atoms with Gasteiger partial charge in [-0.3, -0.25) is 4.79 Å². The second kappa shape index (κ2) is 10.2. The normalized spacial score (nSPS) is 11.8. The molecule has 1 amide bonds. The number of carbonyl (C=O) groups excluding carboxylic acids is 1. The van der Waals surface area contributed by atoms with Crippen LogP contribution in [0.2, 0.25) is 0 Å². The van der Waals surface area contributed by atoms with E-state index in [1.54, 1.807) is 34.4 Å². The van der Waals surface area contributed by atoms with Crippen molar-refractivity contribution in [1.29, 1.82) is 0 Å². The number of aryl methyl sites for hydroxylation is 2. The van der Waals surface area contributed by atoms with Gasteiger partial charge < -0.3 is 19.7 Å². The predicted molar refractivity (Wildman–Crippen MR) is 144 cm³/mol. The predicted octanol–water partition coefficient (Wildman–Crippen LogP) is 5.81. The third-order valence-electron chi connectivity index (χ3n) is 6.17. The highest BCUT2D eigenvalue weighted by atomic mass is 16.5. The molecule has 0 spiro atoms. The van der Waals surface area contributed by atoms with E-state index in [-0.39, 0.29) is 11.9 Å². The summed E-state index contributed by atoms with van der Waals surface area (Å²) in [5.74, 6) is 2.47. The number of anilines is 1. The first-order valence-electron chi connectivity index (χ1n) is 11.8. The Bertz CT molecular complexity index is 1430. The van der Waals surface area contributed by atoms with Crippen LogP contribution in [0, 0.1) is 13.8 Å². The zero-order valence-corrected chi connectivity index (χ0v) is 21.8. The van der Waals surface area contributed by atoms with Crippen LogP contribution in [-0.2, 0) is 0 Å². The molecule has 3 aromatic carbocycles. The highest BCUT2D eigenvalue weighted by Crippen LogP contribution is 2.38. The lowest BCUT2D eigenvalue weighted by molar-refractivity contribution is 0.0824. The molecule has 0 saturated heterocycles. The number of methoxy groups -OCH3 is 2. The number of aromatic nitrogens is 2. The molecule has 0 unspecified atom stereocenters. The first kappa shape index (κ1) is 25.0. The Morgan fingerprint density at radius 3 is 2.36 bits per heavy atom. The summed E-state index contributed by atoms with van der Waals surface area (Å²) in [5, 5.41) is 4.46. The Kier molecular flexibility index (Phi) is 7.10. The minimum atomic E-state index is -0.121. The summed E-state index contributed by atoms with van der Waals surface area (Å²) in [6.07, 6.45) is 0. The second-order valence-electron chi connectivity index (χ2n) is 9.08. The van der Waals surface area contributed by atoms with Gasteiger partial charge in [-0.2, -0.15) is 0 Å². The topological polar surface area (TPSA) is 76.6 Å². The maximum Gasteiger partial charge on any atom is 0.257 e. The van der Waals surface area contributed by atoms with Crippen LogP contribution >= 0.6 is 0 Å². The average Bonchev–Trinajstić information content (AvgIpc) is 2.86. The summed E-state index contributed by atoms with van der Waals surface area (Å²) in [6, 6.07) is 18.0. The van der Waals surface area contributed by atoms with E-state index in [2.05, 4.69) is 48.4 Å². The number of carbonyl (C=O) groups is 1. The van der Waals surface area contributed by atoms with Crippen molar-refractivity contribution in [1.82, 2.24) is 14.9 Å². The van der Waals surface area contributed by atoms with E-state index in [0.29, 0.717) is 22.9 Å². The van der Waals surface area contributed by atoms with Crippen molar-refractivity contribution in [3.8, 4) is 22.6 Å². The van der Waals surface area contributed by atoms with E-state index in [9.17, 15) is 4.79 Å². The Morgan fingerprint density at radius 2 is 1.69 bits per heavy atom. The van der Waals surface area contributed by atoms with Crippen LogP contribution in [0.25, 0.3) is 22.0 Å². The number of ether oxygens (including phenoxy) is 2. The van der Waals surface area contributed by atoms with E-state index in [1.807, 2.05) is 31.2 Å². The molecule has 186 valence electrons. The molecule has 7 heteroatoms. The molecule has 0 fully saturated rings. The molecule has 0 aliphatic rings. The minimum Gasteiger partial charge on any atom is -0.496 e. The number of nitrogens with one attached hydrogen (secondary N) is 1. The molecule has 1 heterocycles. The molecular weight excluding hydrogens is 452 g/mol. The summed E-state index contributed by atoms with van der Waals surface area (Å²) in [7, 11) is 6.64. The van der Waals surface area contributed by atoms with Crippen LogP contribution in [0.4, 0.5) is 5.82 Å². The van der Waals surface area contributed by atoms with Crippen molar-refractivity contribution in [3.63, 3.8) is 0 Å². The molecule has 4 rings (SSSR count). The molecule has 1 aromatic heterocycles. The molecule has 36 heavy (non-hydrogen) atoms. The lowest BCUT2D eigenvalue weighted by atomic mass is 9.99. The lowest BCUT2D eigenvalue weighted by Gasteiger charge is -2.19. The van der Waals surface area contributed by atoms with Crippen LogP contribution in [-0.4, -0.2) is 49.1 Å². The molecule has 0 aliphatic heterocycles. The average molecular weight is 485 g/mol. The van der Waals surface area contributed by atoms with Gasteiger partial charge in [-0.25, -0.2) is 9.97 Å². The second-order valence-corrected chi connectivity index (χ2v) is 9.08. The number of fused-ring (bicyclic) bond motifs is 1. The molecule has 4 aromatic rings. The zero-order valence-electron chi connectivity index (χ0n) is 21.8. The van der Waals surface area contributed by atoms with Crippen molar-refractivity contribution in [3.05, 3.63) is 77.1 Å². The van der Waals surface area contributed by atoms with E-state index < -0.39 is 0 Å². The fourth-order valence-corrected chi connectivity index (χ4v) is 4.28. The molecule has 1 N–H and O–H groups in total. The van der Waals surface area contributed by atoms with Crippen molar-refractivity contribution < 1.29 is 14.3 Å². The summed E-state index contributed by atoms with van der Waals surface area (Å²) in [5.41, 5.74) is 5.39. The van der Waals surface area contributed by atoms with Gasteiger partial charge in [0.1, 0.15) is 23.1 Å². The van der Waals surface area contributed by atoms with Gasteiger partial charge >= 0.3 is 0 Å². The van der Waals surface area contributed by atoms with Crippen LogP contribution < -0.4 is 14.8 Å². The smallest absolute Gasteiger partial charge is 0.257 e. The van der Waals surface area contributed by atoms with Gasteiger partial charge in [-0.1, -0.05) is 35.9 Å². The van der Waals surface area contributed by atoms with Gasteiger partial charge in [0.25, 0.3) is 5.91 Å². The summed E-state index contributed by atoms with van der Waals surface area (Å²) in [4.78, 5) is 23.5. The first-order valence-corrected chi connectivity index (χ1v) is 11.8. The number of benzene rings is 3. The standard InChI is InChI=1S/C29H32N4O3/c1-17-9-8-10-20(13-17)18(2)30-28-24-15-23(27(36-7)16-25(24)31-19(3)32-28)21-11-12-22(26(14-21)35-6)29(34)33(4)5/h8-16,18H,1-7H3,(H,30,31,32)/t18-/m0/s1. The highest BCUT2D eigenvalue weighted by molar-refractivity contribution is 5.99. The van der Waals surface area contributed by atoms with E-state index in [4.69, 9.17) is 14.5 Å². The van der Waals surface area contributed by atoms with Crippen LogP contribution in [0.3, 0.4) is 0 Å². The Labute approximate surface area is 212 Å². The van der Waals surface area contributed by atoms with E-state index in [1.165, 1.54) is 16.0 Å². The highest BCUT2D eigenvalue weighted by Gasteiger charge is 2.19. The minimum absolute atomic E-state index is 0.0457. The number of amides is 1. The molecule has 0 aliphatic carbocycles. The van der Waals surface area contributed by atoms with Gasteiger partial charge in [0, 0.05) is 37.2 Å². The monoisotopic (exact) mass is 484 g/mol. The van der Waals surface area contributed by atoms with Crippen LogP contribution in [0.5, 0.6) is 11.5 Å². The van der Waals surface area contributed by atoms with Crippen molar-refractivity contribution in [2.75, 3.05) is 33.6 Å². The van der Waals surface area contributed by atoms with Gasteiger partial charge in [-0.05, 0) is 50.1 Å². The van der Waals surface area contributed by atoms with Crippen molar-refractivity contribution >= 4 is 22.6 Å². The summed E-state index contributed by atoms with van der Waals surface area (Å²) >= 11 is 0. The maximum absolute atomic E-state index is 12.6. The first-order chi connectivity index (χ1) is 17.2. The van der Waals surface area contributed by atoms with Crippen molar-refractivity contribution in [2.45, 2.75) is 26.8 Å². The number of hydrogen-bond acceptors (Lipinski definition) is 6. The Balaban J connectivity index is 1.83. The van der Waals surface area contributed by atoms with E-state index >= 15 is 0 Å². The van der Waals surface area contributed by atoms with Crippen LogP contribution in [0.1, 0.15) is 40.3 Å². The largest absolute Gasteiger partial charge is 0.496 e. The third kappa shape index (κ3) is 4.96. The molecule has 0 radical (unpaired) electrons. The van der Waals surface area contributed by atoms with Gasteiger partial charge in [-0.15, -0.1) is 0 Å². The quantitative estimate of drug-likeness (QED) is 0.357. The Hall–Kier alpha value is -4.13.